The van der Waals surface area contributed by atoms with Gasteiger partial charge in [-0.2, -0.15) is 8.78 Å². The Morgan fingerprint density at radius 2 is 0.595 bits per heavy atom. The van der Waals surface area contributed by atoms with Gasteiger partial charge >= 0.3 is 59.7 Å². The number of ether oxygens (including phenoxy) is 19. The number of carbonyl (C=O) groups excluding carboxylic acids is 17. The van der Waals surface area contributed by atoms with Crippen LogP contribution in [0.4, 0.5) is 22.0 Å². The standard InChI is InChI=1S/C78H112F5N7O36/c1-40(91)87-65-72(120-49(10)100)68(117-46(7)97)52(34-114-43(4)94)123-75(65)111-28-16-13-25-84-55(103)22-31-108-37-78(90-58(106)20-19-21-59(107)126-71-63(82)61(80)60(79)62(81)64(71)83,38-109-32-23-56(104)85-26-14-17-29-112-76-66(88-41(2)92)73(121-50(11)101)69(118-47(8)98)53(124-76)35-115-44(5)95)39-110-33-24-57(105)86-27-15-18-30-113-77-67(89-42(3)93)74(122-51(12)102)70(119-48(9)99)54(125-77)36-116-45(6)96/h52-54,65-70,72-77H,13-39H2,1-12H3,(H,84,103)(H,85,104)(H,86,105)(H,87,91)(H,88,92)(H,89,93)(H,90,106)/t52-,53-,54-,65-,66-,67-,68+,69+,70+,72-,73-,74-,75-,76-,77-/m1/s1. The zero-order valence-electron chi connectivity index (χ0n) is 71.8. The summed E-state index contributed by atoms with van der Waals surface area (Å²) in [5, 5.41) is 18.5. The topological polar surface area (TPSA) is 550 Å². The molecule has 710 valence electrons. The third kappa shape index (κ3) is 39.6. The fourth-order valence-electron chi connectivity index (χ4n) is 12.6. The van der Waals surface area contributed by atoms with Crippen LogP contribution >= 0.6 is 0 Å². The van der Waals surface area contributed by atoms with E-state index in [-0.39, 0.29) is 117 Å². The highest BCUT2D eigenvalue weighted by atomic mass is 19.2. The Hall–Kier alpha value is -10.5. The van der Waals surface area contributed by atoms with E-state index in [9.17, 15) is 103 Å². The van der Waals surface area contributed by atoms with Crippen molar-refractivity contribution in [1.29, 1.82) is 0 Å². The van der Waals surface area contributed by atoms with Crippen LogP contribution in [-0.4, -0.2) is 297 Å². The smallest absolute Gasteiger partial charge is 0.311 e. The summed E-state index contributed by atoms with van der Waals surface area (Å²) in [6.45, 7) is 8.66. The van der Waals surface area contributed by atoms with Crippen LogP contribution < -0.4 is 42.0 Å². The van der Waals surface area contributed by atoms with Gasteiger partial charge in [-0.1, -0.05) is 0 Å². The van der Waals surface area contributed by atoms with Gasteiger partial charge in [0, 0.05) is 155 Å². The van der Waals surface area contributed by atoms with E-state index in [4.69, 9.17) is 85.3 Å². The van der Waals surface area contributed by atoms with Gasteiger partial charge in [0.25, 0.3) is 0 Å². The van der Waals surface area contributed by atoms with Crippen molar-refractivity contribution in [2.45, 2.75) is 258 Å². The Kier molecular flexibility index (Phi) is 47.8. The maximum Gasteiger partial charge on any atom is 0.311 e. The van der Waals surface area contributed by atoms with E-state index in [0.29, 0.717) is 0 Å². The van der Waals surface area contributed by atoms with Crippen molar-refractivity contribution in [2.75, 3.05) is 98.9 Å². The maximum absolute atomic E-state index is 14.5. The second-order valence-corrected chi connectivity index (χ2v) is 28.9. The molecule has 3 fully saturated rings. The van der Waals surface area contributed by atoms with Crippen molar-refractivity contribution in [1.82, 2.24) is 37.2 Å². The molecule has 43 nitrogen and oxygen atoms in total. The summed E-state index contributed by atoms with van der Waals surface area (Å²) in [5.41, 5.74) is -1.85. The fraction of sp³-hybridized carbons (Fsp3) is 0.705. The number of carbonyl (C=O) groups is 17. The molecule has 0 bridgehead atoms. The number of esters is 10. The Bertz CT molecular complexity index is 3540. The monoisotopic (exact) mass is 1820 g/mol. The Balaban J connectivity index is 1.52. The lowest BCUT2D eigenvalue weighted by Gasteiger charge is -2.44. The van der Waals surface area contributed by atoms with Crippen molar-refractivity contribution < 1.29 is 193 Å². The van der Waals surface area contributed by atoms with Gasteiger partial charge in [0.05, 0.1) is 39.6 Å². The Morgan fingerprint density at radius 3 is 0.865 bits per heavy atom. The number of hydrogen-bond acceptors (Lipinski definition) is 36. The number of nitrogens with one attached hydrogen (secondary N) is 7. The van der Waals surface area contributed by atoms with Gasteiger partial charge in [0.2, 0.25) is 76.2 Å². The minimum atomic E-state index is -2.53. The highest BCUT2D eigenvalue weighted by Crippen LogP contribution is 2.34. The first kappa shape index (κ1) is 108. The minimum Gasteiger partial charge on any atom is -0.463 e. The molecule has 48 heteroatoms. The molecule has 1 aromatic carbocycles. The van der Waals surface area contributed by atoms with Crippen molar-refractivity contribution in [3.05, 3.63) is 29.1 Å². The lowest BCUT2D eigenvalue weighted by Crippen LogP contribution is -2.66. The molecule has 3 heterocycles. The first-order valence-corrected chi connectivity index (χ1v) is 40.1. The summed E-state index contributed by atoms with van der Waals surface area (Å²) >= 11 is 0. The molecule has 0 aliphatic carbocycles. The predicted octanol–water partition coefficient (Wildman–Crippen LogP) is 0.240. The summed E-state index contributed by atoms with van der Waals surface area (Å²) in [6, 6.07) is -3.77. The maximum atomic E-state index is 14.5. The van der Waals surface area contributed by atoms with Crippen LogP contribution in [0.3, 0.4) is 0 Å². The van der Waals surface area contributed by atoms with Crippen molar-refractivity contribution in [3.63, 3.8) is 0 Å². The summed E-state index contributed by atoms with van der Waals surface area (Å²) < 4.78 is 177. The first-order chi connectivity index (χ1) is 59.5. The largest absolute Gasteiger partial charge is 0.463 e. The molecule has 0 spiro atoms. The van der Waals surface area contributed by atoms with Crippen LogP contribution in [-0.2, 0) is 167 Å². The molecular formula is C78H112F5N7O36. The predicted molar refractivity (Wildman–Crippen MR) is 410 cm³/mol. The summed E-state index contributed by atoms with van der Waals surface area (Å²) in [4.78, 5) is 213. The lowest BCUT2D eigenvalue weighted by molar-refractivity contribution is -0.277. The third-order valence-electron chi connectivity index (χ3n) is 17.9. The zero-order chi connectivity index (χ0) is 93.9. The number of halogens is 5. The molecule has 3 saturated heterocycles. The number of unbranched alkanes of at least 4 members (excludes halogenated alkanes) is 3. The number of rotatable bonds is 54. The van der Waals surface area contributed by atoms with Crippen LogP contribution in [0.1, 0.15) is 160 Å². The van der Waals surface area contributed by atoms with Crippen molar-refractivity contribution in [3.8, 4) is 5.75 Å². The average molecular weight is 1820 g/mol. The molecule has 0 aromatic heterocycles. The van der Waals surface area contributed by atoms with E-state index in [1.54, 1.807) is 0 Å². The molecule has 0 saturated carbocycles. The van der Waals surface area contributed by atoms with Crippen LogP contribution in [0.25, 0.3) is 0 Å². The van der Waals surface area contributed by atoms with Crippen LogP contribution in [0.15, 0.2) is 0 Å². The fourth-order valence-corrected chi connectivity index (χ4v) is 12.6. The van der Waals surface area contributed by atoms with Gasteiger partial charge in [0.15, 0.2) is 55.5 Å². The van der Waals surface area contributed by atoms with Gasteiger partial charge in [-0.3, -0.25) is 81.5 Å². The Labute approximate surface area is 720 Å². The third-order valence-corrected chi connectivity index (χ3v) is 17.9. The number of benzene rings is 1. The summed E-state index contributed by atoms with van der Waals surface area (Å²) in [6.07, 6.45) is -17.8. The van der Waals surface area contributed by atoms with Gasteiger partial charge in [-0.05, 0) is 44.9 Å². The van der Waals surface area contributed by atoms with Gasteiger partial charge in [-0.25, -0.2) is 13.2 Å². The molecule has 7 N–H and O–H groups in total. The molecule has 0 radical (unpaired) electrons. The van der Waals surface area contributed by atoms with Crippen LogP contribution in [0.2, 0.25) is 0 Å². The molecule has 3 aliphatic rings. The molecule has 126 heavy (non-hydrogen) atoms. The number of amides is 7. The summed E-state index contributed by atoms with van der Waals surface area (Å²) in [7, 11) is 0. The molecule has 0 unspecified atom stereocenters. The van der Waals surface area contributed by atoms with E-state index in [0.717, 1.165) is 83.1 Å². The first-order valence-electron chi connectivity index (χ1n) is 40.1. The van der Waals surface area contributed by atoms with E-state index in [2.05, 4.69) is 42.0 Å². The second-order valence-electron chi connectivity index (χ2n) is 28.9. The van der Waals surface area contributed by atoms with Crippen LogP contribution in [0, 0.1) is 29.1 Å². The van der Waals surface area contributed by atoms with Crippen LogP contribution in [0.5, 0.6) is 5.75 Å². The second kappa shape index (κ2) is 55.9. The Morgan fingerprint density at radius 1 is 0.317 bits per heavy atom. The SMILES string of the molecule is CC(=O)N[C@H]1[C@H](OCCCCNC(=O)CCOCC(COCCC(=O)NCCCCO[C@@H]2O[C@H](COC(C)=O)[C@H](OC(C)=O)[C@H](OC(C)=O)[C@H]2NC(C)=O)(COCCC(=O)NCCCCO[C@@H]2O[C@H](COC(C)=O)[C@H](OC(C)=O)[C@H](OC(C)=O)[C@H]2NC(C)=O)NC(=O)CCCC(=O)Oc2c(F)c(F)c(F)c(F)c2F)O[C@H](COC(C)=O)[C@H](OC(C)=O)[C@@H]1OC(C)=O. The van der Waals surface area contributed by atoms with Gasteiger partial charge in [-0.15, -0.1) is 0 Å². The minimum absolute atomic E-state index is 0.0333. The van der Waals surface area contributed by atoms with E-state index in [1.165, 1.54) is 0 Å². The van der Waals surface area contributed by atoms with E-state index >= 15 is 0 Å². The number of hydrogen-bond donors (Lipinski definition) is 7. The highest BCUT2D eigenvalue weighted by Gasteiger charge is 2.55. The molecule has 4 rings (SSSR count). The van der Waals surface area contributed by atoms with E-state index < -0.39 is 292 Å². The van der Waals surface area contributed by atoms with Crippen molar-refractivity contribution in [2.24, 2.45) is 0 Å². The molecular weight excluding hydrogens is 1710 g/mol. The summed E-state index contributed by atoms with van der Waals surface area (Å²) in [5.74, 6) is -27.3. The van der Waals surface area contributed by atoms with Gasteiger partial charge < -0.3 is 127 Å². The average Bonchev–Trinajstić information content (AvgIpc) is 0.786. The molecule has 1 aromatic rings. The molecule has 3 aliphatic heterocycles. The van der Waals surface area contributed by atoms with Crippen molar-refractivity contribution >= 4 is 101 Å². The van der Waals surface area contributed by atoms with Gasteiger partial charge in [0.1, 0.15) is 61.8 Å². The quantitative estimate of drug-likeness (QED) is 0.00873. The highest BCUT2D eigenvalue weighted by molar-refractivity contribution is 5.80. The molecule has 15 atom stereocenters. The zero-order valence-corrected chi connectivity index (χ0v) is 71.8. The van der Waals surface area contributed by atoms with E-state index in [1.807, 2.05) is 0 Å². The molecule has 7 amide bonds. The lowest BCUT2D eigenvalue weighted by atomic mass is 9.96. The normalized spacial score (nSPS) is 22.0.